The number of hydrogen-bond acceptors (Lipinski definition) is 5. The molecule has 8 heteroatoms. The number of nitrogens with one attached hydrogen (secondary N) is 2. The van der Waals surface area contributed by atoms with E-state index in [9.17, 15) is 9.59 Å². The highest BCUT2D eigenvalue weighted by atomic mass is 16.3. The van der Waals surface area contributed by atoms with Crippen molar-refractivity contribution in [3.8, 4) is 0 Å². The summed E-state index contributed by atoms with van der Waals surface area (Å²) in [6, 6.07) is 3.89. The first-order valence-corrected chi connectivity index (χ1v) is 11.3. The van der Waals surface area contributed by atoms with E-state index >= 15 is 0 Å². The van der Waals surface area contributed by atoms with Gasteiger partial charge in [-0.25, -0.2) is 0 Å². The Balaban J connectivity index is 1.28. The minimum atomic E-state index is -0.112. The average molecular weight is 428 g/mol. The molecule has 2 heterocycles. The van der Waals surface area contributed by atoms with Crippen LogP contribution in [0, 0.1) is 23.7 Å². The first-order valence-electron chi connectivity index (χ1n) is 11.3. The van der Waals surface area contributed by atoms with Gasteiger partial charge in [0.25, 0.3) is 0 Å². The minimum Gasteiger partial charge on any atom is -0.468 e. The summed E-state index contributed by atoms with van der Waals surface area (Å²) >= 11 is 0. The van der Waals surface area contributed by atoms with Gasteiger partial charge in [0.05, 0.1) is 30.7 Å². The van der Waals surface area contributed by atoms with Crippen LogP contribution in [0.3, 0.4) is 0 Å². The summed E-state index contributed by atoms with van der Waals surface area (Å²) in [7, 11) is 4.01. The second kappa shape index (κ2) is 9.26. The van der Waals surface area contributed by atoms with Gasteiger partial charge >= 0.3 is 0 Å². The topological polar surface area (TPSA) is 90.2 Å². The maximum absolute atomic E-state index is 12.8. The van der Waals surface area contributed by atoms with E-state index in [0.717, 1.165) is 24.7 Å². The fourth-order valence-corrected chi connectivity index (χ4v) is 5.14. The van der Waals surface area contributed by atoms with Gasteiger partial charge in [-0.1, -0.05) is 12.2 Å². The van der Waals surface area contributed by atoms with Crippen molar-refractivity contribution in [3.63, 3.8) is 0 Å². The van der Waals surface area contributed by atoms with E-state index in [4.69, 9.17) is 9.41 Å². The Hall–Kier alpha value is -2.61. The number of carbonyl (C=O) groups excluding carboxylic acids is 2. The van der Waals surface area contributed by atoms with Crippen LogP contribution < -0.4 is 10.6 Å². The number of nitrogens with zero attached hydrogens (tertiary/aromatic N) is 3. The van der Waals surface area contributed by atoms with Gasteiger partial charge in [0.1, 0.15) is 5.76 Å². The minimum absolute atomic E-state index is 0.0275. The van der Waals surface area contributed by atoms with Crippen LogP contribution in [0.1, 0.15) is 31.6 Å². The summed E-state index contributed by atoms with van der Waals surface area (Å²) in [5.74, 6) is 1.96. The molecule has 1 saturated carbocycles. The molecule has 168 valence electrons. The molecule has 8 nitrogen and oxygen atoms in total. The lowest BCUT2D eigenvalue weighted by atomic mass is 9.85. The molecule has 0 spiro atoms. The Bertz CT molecular complexity index is 817. The van der Waals surface area contributed by atoms with Crippen molar-refractivity contribution in [1.29, 1.82) is 0 Å². The smallest absolute Gasteiger partial charge is 0.233 e. The van der Waals surface area contributed by atoms with E-state index in [1.54, 1.807) is 6.26 Å². The zero-order valence-electron chi connectivity index (χ0n) is 18.6. The number of likely N-dealkylation sites (tertiary alicyclic amines) is 1. The molecular formula is C23H33N5O3. The van der Waals surface area contributed by atoms with Crippen LogP contribution in [0.4, 0.5) is 0 Å². The molecule has 1 saturated heterocycles. The second-order valence-corrected chi connectivity index (χ2v) is 8.82. The van der Waals surface area contributed by atoms with Crippen LogP contribution in [0.5, 0.6) is 0 Å². The van der Waals surface area contributed by atoms with E-state index in [-0.39, 0.29) is 41.5 Å². The zero-order valence-corrected chi connectivity index (χ0v) is 18.6. The Morgan fingerprint density at radius 2 is 1.94 bits per heavy atom. The maximum atomic E-state index is 12.8. The Labute approximate surface area is 183 Å². The molecule has 2 aliphatic carbocycles. The van der Waals surface area contributed by atoms with Crippen molar-refractivity contribution in [1.82, 2.24) is 20.4 Å². The molecule has 3 aliphatic rings. The number of hydrogen-bond donors (Lipinski definition) is 2. The van der Waals surface area contributed by atoms with Crippen molar-refractivity contribution >= 4 is 17.8 Å². The van der Waals surface area contributed by atoms with Gasteiger partial charge in [-0.2, -0.15) is 0 Å². The van der Waals surface area contributed by atoms with E-state index in [1.807, 2.05) is 33.2 Å². The van der Waals surface area contributed by atoms with Crippen LogP contribution in [0.15, 0.2) is 40.0 Å². The van der Waals surface area contributed by atoms with E-state index in [1.165, 1.54) is 4.90 Å². The van der Waals surface area contributed by atoms with Gasteiger partial charge < -0.3 is 15.1 Å². The van der Waals surface area contributed by atoms with Crippen LogP contribution in [0.25, 0.3) is 0 Å². The summed E-state index contributed by atoms with van der Waals surface area (Å²) in [6.07, 6.45) is 7.60. The van der Waals surface area contributed by atoms with Crippen molar-refractivity contribution < 1.29 is 14.0 Å². The fraction of sp³-hybridized carbons (Fsp3) is 0.609. The summed E-state index contributed by atoms with van der Waals surface area (Å²) in [4.78, 5) is 33.8. The molecule has 2 bridgehead atoms. The highest BCUT2D eigenvalue weighted by Gasteiger charge is 2.58. The highest BCUT2D eigenvalue weighted by molar-refractivity contribution is 6.06. The van der Waals surface area contributed by atoms with Gasteiger partial charge in [-0.3, -0.25) is 24.4 Å². The molecule has 31 heavy (non-hydrogen) atoms. The predicted molar refractivity (Wildman–Crippen MR) is 118 cm³/mol. The Morgan fingerprint density at radius 3 is 2.52 bits per heavy atom. The highest BCUT2D eigenvalue weighted by Crippen LogP contribution is 2.52. The molecule has 2 fully saturated rings. The number of carbonyl (C=O) groups is 2. The number of fused-ring (bicyclic) bond motifs is 5. The number of rotatable bonds is 9. The SMILES string of the molecule is CCNC(=NCC(c1ccco1)N(C)C)NCCCN1C(=O)C2C3C=CC(C3)C2C1=O. The third kappa shape index (κ3) is 4.26. The standard InChI is InChI=1S/C23H33N5O3/c1-4-24-23(26-14-17(27(2)3)18-7-5-12-31-18)25-10-6-11-28-21(29)19-15-8-9-16(13-15)20(19)22(28)30/h5,7-9,12,15-17,19-20H,4,6,10-11,13-14H2,1-3H3,(H2,24,25,26). The quantitative estimate of drug-likeness (QED) is 0.205. The Kier molecular flexibility index (Phi) is 6.46. The fourth-order valence-electron chi connectivity index (χ4n) is 5.14. The second-order valence-electron chi connectivity index (χ2n) is 8.82. The van der Waals surface area contributed by atoms with Gasteiger partial charge in [-0.15, -0.1) is 0 Å². The van der Waals surface area contributed by atoms with E-state index < -0.39 is 0 Å². The van der Waals surface area contributed by atoms with Gasteiger partial charge in [-0.05, 0) is 57.8 Å². The summed E-state index contributed by atoms with van der Waals surface area (Å²) in [5, 5.41) is 6.58. The van der Waals surface area contributed by atoms with Crippen molar-refractivity contribution in [2.45, 2.75) is 25.8 Å². The first kappa shape index (κ1) is 21.6. The number of likely N-dealkylation sites (N-methyl/N-ethyl adjacent to an activating group) is 1. The number of aliphatic imine (C=N–C) groups is 1. The molecule has 4 rings (SSSR count). The number of amides is 2. The van der Waals surface area contributed by atoms with Gasteiger partial charge in [0, 0.05) is 19.6 Å². The zero-order chi connectivity index (χ0) is 22.0. The average Bonchev–Trinajstić information content (AvgIpc) is 3.52. The van der Waals surface area contributed by atoms with Crippen LogP contribution in [-0.4, -0.2) is 67.8 Å². The lowest BCUT2D eigenvalue weighted by Gasteiger charge is -2.21. The molecule has 1 aliphatic heterocycles. The van der Waals surface area contributed by atoms with Crippen LogP contribution in [-0.2, 0) is 9.59 Å². The van der Waals surface area contributed by atoms with Crippen molar-refractivity contribution in [3.05, 3.63) is 36.3 Å². The third-order valence-corrected chi connectivity index (χ3v) is 6.67. The first-order chi connectivity index (χ1) is 15.0. The molecule has 5 atom stereocenters. The lowest BCUT2D eigenvalue weighted by Crippen LogP contribution is -2.40. The summed E-state index contributed by atoms with van der Waals surface area (Å²) in [5.41, 5.74) is 0. The van der Waals surface area contributed by atoms with Crippen molar-refractivity contribution in [2.75, 3.05) is 40.3 Å². The molecule has 5 unspecified atom stereocenters. The number of imide groups is 1. The third-order valence-electron chi connectivity index (χ3n) is 6.67. The number of allylic oxidation sites excluding steroid dienone is 2. The normalized spacial score (nSPS) is 28.0. The molecular weight excluding hydrogens is 394 g/mol. The van der Waals surface area contributed by atoms with Crippen molar-refractivity contribution in [2.24, 2.45) is 28.7 Å². The largest absolute Gasteiger partial charge is 0.468 e. The molecule has 1 aromatic rings. The molecule has 2 N–H and O–H groups in total. The van der Waals surface area contributed by atoms with Gasteiger partial charge in [0.2, 0.25) is 11.8 Å². The molecule has 2 amide bonds. The lowest BCUT2D eigenvalue weighted by molar-refractivity contribution is -0.140. The van der Waals surface area contributed by atoms with Gasteiger partial charge in [0.15, 0.2) is 5.96 Å². The number of furan rings is 1. The van der Waals surface area contributed by atoms with Crippen LogP contribution in [0.2, 0.25) is 0 Å². The summed E-state index contributed by atoms with van der Waals surface area (Å²) in [6.45, 7) is 4.43. The molecule has 0 aromatic carbocycles. The van der Waals surface area contributed by atoms with E-state index in [0.29, 0.717) is 26.1 Å². The monoisotopic (exact) mass is 427 g/mol. The number of guanidine groups is 1. The predicted octanol–water partition coefficient (Wildman–Crippen LogP) is 1.63. The maximum Gasteiger partial charge on any atom is 0.233 e. The van der Waals surface area contributed by atoms with Crippen LogP contribution >= 0.6 is 0 Å². The Morgan fingerprint density at radius 1 is 1.23 bits per heavy atom. The summed E-state index contributed by atoms with van der Waals surface area (Å²) < 4.78 is 5.55. The molecule has 0 radical (unpaired) electrons. The van der Waals surface area contributed by atoms with E-state index in [2.05, 4.69) is 27.7 Å². The molecule has 1 aromatic heterocycles.